The number of likely N-dealkylation sites (N-methyl/N-ethyl adjacent to an activating group) is 1. The number of aromatic amines is 1. The van der Waals surface area contributed by atoms with E-state index < -0.39 is 0 Å². The summed E-state index contributed by atoms with van der Waals surface area (Å²) in [7, 11) is 4.02. The highest BCUT2D eigenvalue weighted by Crippen LogP contribution is 2.29. The average Bonchev–Trinajstić information content (AvgIpc) is 3.34. The second kappa shape index (κ2) is 8.90. The Kier molecular flexibility index (Phi) is 6.40. The third kappa shape index (κ3) is 4.95. The molecule has 2 aromatic rings. The third-order valence-corrected chi connectivity index (χ3v) is 6.93. The summed E-state index contributed by atoms with van der Waals surface area (Å²) >= 11 is 0. The van der Waals surface area contributed by atoms with Crippen LogP contribution in [0.4, 0.5) is 5.95 Å². The largest absolute Gasteiger partial charge is 0.341 e. The van der Waals surface area contributed by atoms with Gasteiger partial charge in [0.1, 0.15) is 5.52 Å². The third-order valence-electron chi connectivity index (χ3n) is 6.93. The first-order valence-corrected chi connectivity index (χ1v) is 11.9. The summed E-state index contributed by atoms with van der Waals surface area (Å²) in [5.74, 6) is 1.39. The van der Waals surface area contributed by atoms with E-state index in [1.165, 1.54) is 25.7 Å². The normalized spacial score (nSPS) is 19.5. The molecule has 0 amide bonds. The molecule has 2 fully saturated rings. The van der Waals surface area contributed by atoms with Crippen LogP contribution in [0.15, 0.2) is 4.79 Å². The molecule has 1 aliphatic heterocycles. The van der Waals surface area contributed by atoms with Crippen molar-refractivity contribution in [2.75, 3.05) is 57.8 Å². The second-order valence-corrected chi connectivity index (χ2v) is 10.6. The van der Waals surface area contributed by atoms with Gasteiger partial charge in [-0.2, -0.15) is 5.10 Å². The fourth-order valence-corrected chi connectivity index (χ4v) is 4.94. The number of H-pyrrole nitrogens is 1. The summed E-state index contributed by atoms with van der Waals surface area (Å²) < 4.78 is 1.68. The van der Waals surface area contributed by atoms with Crippen LogP contribution in [0, 0.1) is 5.92 Å². The molecule has 1 N–H and O–H groups in total. The van der Waals surface area contributed by atoms with Crippen LogP contribution in [-0.4, -0.2) is 82.4 Å². The van der Waals surface area contributed by atoms with Gasteiger partial charge in [0.25, 0.3) is 5.56 Å². The number of aromatic nitrogens is 4. The number of piperazine rings is 1. The van der Waals surface area contributed by atoms with Crippen molar-refractivity contribution in [2.45, 2.75) is 51.9 Å². The maximum atomic E-state index is 13.0. The van der Waals surface area contributed by atoms with E-state index in [9.17, 15) is 4.79 Å². The zero-order valence-electron chi connectivity index (χ0n) is 19.9. The molecule has 8 heteroatoms. The Hall–Kier alpha value is -1.93. The van der Waals surface area contributed by atoms with E-state index in [0.29, 0.717) is 17.4 Å². The van der Waals surface area contributed by atoms with Crippen molar-refractivity contribution in [2.24, 2.45) is 13.0 Å². The summed E-state index contributed by atoms with van der Waals surface area (Å²) in [6.07, 6.45) is 5.18. The molecule has 8 nitrogen and oxygen atoms in total. The Morgan fingerprint density at radius 1 is 1.10 bits per heavy atom. The molecule has 4 rings (SSSR count). The molecule has 0 atom stereocenters. The molecule has 0 bridgehead atoms. The summed E-state index contributed by atoms with van der Waals surface area (Å²) in [4.78, 5) is 28.4. The number of fused-ring (bicyclic) bond motifs is 1. The SMILES string of the molecule is CN1CCN(CCN(CC2CCCC2)c2nc3c(C(C)(C)C)nn(C)c3c(=O)[nH]2)CC1. The number of hydrogen-bond donors (Lipinski definition) is 1. The van der Waals surface area contributed by atoms with Crippen LogP contribution in [0.3, 0.4) is 0 Å². The highest BCUT2D eigenvalue weighted by molar-refractivity contribution is 5.78. The van der Waals surface area contributed by atoms with Gasteiger partial charge >= 0.3 is 0 Å². The van der Waals surface area contributed by atoms with Crippen LogP contribution in [-0.2, 0) is 12.5 Å². The lowest BCUT2D eigenvalue weighted by atomic mass is 9.91. The predicted molar refractivity (Wildman–Crippen MR) is 126 cm³/mol. The predicted octanol–water partition coefficient (Wildman–Crippen LogP) is 2.20. The van der Waals surface area contributed by atoms with E-state index in [0.717, 1.165) is 57.0 Å². The minimum atomic E-state index is -0.173. The number of anilines is 1. The molecule has 0 aromatic carbocycles. The second-order valence-electron chi connectivity index (χ2n) is 10.6. The fraction of sp³-hybridized carbons (Fsp3) is 0.783. The molecule has 172 valence electrons. The Morgan fingerprint density at radius 2 is 1.77 bits per heavy atom. The maximum Gasteiger partial charge on any atom is 0.278 e. The molecular weight excluding hydrogens is 390 g/mol. The van der Waals surface area contributed by atoms with Gasteiger partial charge in [-0.25, -0.2) is 4.98 Å². The molecule has 3 heterocycles. The highest BCUT2D eigenvalue weighted by Gasteiger charge is 2.27. The first-order chi connectivity index (χ1) is 14.7. The smallest absolute Gasteiger partial charge is 0.278 e. The van der Waals surface area contributed by atoms with Crippen LogP contribution in [0.25, 0.3) is 11.0 Å². The number of nitrogens with zero attached hydrogens (tertiary/aromatic N) is 6. The van der Waals surface area contributed by atoms with E-state index in [1.807, 2.05) is 7.05 Å². The first-order valence-electron chi connectivity index (χ1n) is 11.9. The quantitative estimate of drug-likeness (QED) is 0.759. The van der Waals surface area contributed by atoms with Crippen molar-refractivity contribution in [1.82, 2.24) is 29.5 Å². The maximum absolute atomic E-state index is 13.0. The Labute approximate surface area is 185 Å². The fourth-order valence-electron chi connectivity index (χ4n) is 4.94. The van der Waals surface area contributed by atoms with Crippen molar-refractivity contribution < 1.29 is 0 Å². The lowest BCUT2D eigenvalue weighted by Crippen LogP contribution is -2.47. The summed E-state index contributed by atoms with van der Waals surface area (Å²) in [6, 6.07) is 0. The summed E-state index contributed by atoms with van der Waals surface area (Å²) in [6.45, 7) is 13.7. The van der Waals surface area contributed by atoms with Crippen LogP contribution in [0.1, 0.15) is 52.1 Å². The van der Waals surface area contributed by atoms with Crippen molar-refractivity contribution >= 4 is 17.0 Å². The van der Waals surface area contributed by atoms with Gasteiger partial charge in [0.2, 0.25) is 5.95 Å². The molecule has 31 heavy (non-hydrogen) atoms. The number of aryl methyl sites for hydroxylation is 1. The van der Waals surface area contributed by atoms with Crippen molar-refractivity contribution in [3.63, 3.8) is 0 Å². The average molecular weight is 430 g/mol. The standard InChI is InChI=1S/C23H39N7O/c1-23(2,3)20-18-19(28(5)26-20)21(31)25-22(24-18)30(16-17-8-6-7-9-17)15-14-29-12-10-27(4)11-13-29/h17H,6-16H2,1-5H3,(H,24,25,31). The molecule has 2 aliphatic rings. The minimum Gasteiger partial charge on any atom is -0.341 e. The van der Waals surface area contributed by atoms with Gasteiger partial charge in [-0.15, -0.1) is 0 Å². The lowest BCUT2D eigenvalue weighted by Gasteiger charge is -2.34. The highest BCUT2D eigenvalue weighted by atomic mass is 16.1. The van der Waals surface area contributed by atoms with E-state index in [4.69, 9.17) is 4.98 Å². The van der Waals surface area contributed by atoms with E-state index in [-0.39, 0.29) is 11.0 Å². The monoisotopic (exact) mass is 429 g/mol. The summed E-state index contributed by atoms with van der Waals surface area (Å²) in [5.41, 5.74) is 1.92. The Morgan fingerprint density at radius 3 is 2.42 bits per heavy atom. The van der Waals surface area contributed by atoms with Crippen LogP contribution < -0.4 is 10.5 Å². The number of nitrogens with one attached hydrogen (secondary N) is 1. The molecule has 0 unspecified atom stereocenters. The van der Waals surface area contributed by atoms with Crippen molar-refractivity contribution in [3.8, 4) is 0 Å². The van der Waals surface area contributed by atoms with E-state index >= 15 is 0 Å². The molecular formula is C23H39N7O. The lowest BCUT2D eigenvalue weighted by molar-refractivity contribution is 0.156. The van der Waals surface area contributed by atoms with Gasteiger partial charge in [0.15, 0.2) is 5.52 Å². The van der Waals surface area contributed by atoms with Gasteiger partial charge in [-0.05, 0) is 25.8 Å². The Balaban J connectivity index is 1.63. The number of hydrogen-bond acceptors (Lipinski definition) is 6. The van der Waals surface area contributed by atoms with Crippen LogP contribution >= 0.6 is 0 Å². The molecule has 2 aromatic heterocycles. The van der Waals surface area contributed by atoms with Gasteiger partial charge in [-0.3, -0.25) is 19.4 Å². The van der Waals surface area contributed by atoms with Gasteiger partial charge in [-0.1, -0.05) is 33.6 Å². The van der Waals surface area contributed by atoms with Crippen LogP contribution in [0.5, 0.6) is 0 Å². The molecule has 1 saturated carbocycles. The molecule has 1 saturated heterocycles. The van der Waals surface area contributed by atoms with Crippen molar-refractivity contribution in [1.29, 1.82) is 0 Å². The van der Waals surface area contributed by atoms with E-state index in [1.54, 1.807) is 4.68 Å². The summed E-state index contributed by atoms with van der Waals surface area (Å²) in [5, 5.41) is 4.65. The molecule has 0 radical (unpaired) electrons. The van der Waals surface area contributed by atoms with Gasteiger partial charge in [0.05, 0.1) is 5.69 Å². The zero-order chi connectivity index (χ0) is 22.2. The minimum absolute atomic E-state index is 0.0958. The van der Waals surface area contributed by atoms with Crippen LogP contribution in [0.2, 0.25) is 0 Å². The van der Waals surface area contributed by atoms with Crippen molar-refractivity contribution in [3.05, 3.63) is 16.0 Å². The topological polar surface area (TPSA) is 73.3 Å². The van der Waals surface area contributed by atoms with Gasteiger partial charge < -0.3 is 9.80 Å². The molecule has 0 spiro atoms. The zero-order valence-corrected chi connectivity index (χ0v) is 19.9. The van der Waals surface area contributed by atoms with Gasteiger partial charge in [0, 0.05) is 58.3 Å². The number of rotatable bonds is 6. The Bertz CT molecular complexity index is 943. The molecule has 1 aliphatic carbocycles. The van der Waals surface area contributed by atoms with E-state index in [2.05, 4.69) is 52.6 Å². The first kappa shape index (κ1) is 22.3.